The summed E-state index contributed by atoms with van der Waals surface area (Å²) in [6.45, 7) is 2.74. The first-order valence-electron chi connectivity index (χ1n) is 21.2. The van der Waals surface area contributed by atoms with Gasteiger partial charge in [0.2, 0.25) is 17.7 Å². The van der Waals surface area contributed by atoms with Gasteiger partial charge in [0.05, 0.1) is 31.9 Å². The average Bonchev–Trinajstić information content (AvgIpc) is 3.76. The number of carboxylic acid groups (broad SMARTS) is 1. The van der Waals surface area contributed by atoms with Crippen molar-refractivity contribution in [3.05, 3.63) is 94.6 Å². The second kappa shape index (κ2) is 18.3. The maximum absolute atomic E-state index is 13.9. The number of hydrogen-bond donors (Lipinski definition) is 7. The van der Waals surface area contributed by atoms with Gasteiger partial charge in [-0.15, -0.1) is 0 Å². The molecule has 8 N–H and O–H groups in total. The number of aliphatic carboxylic acids is 1. The Bertz CT molecular complexity index is 2120. The molecule has 4 fully saturated rings. The van der Waals surface area contributed by atoms with Crippen LogP contribution >= 0.6 is 0 Å². The van der Waals surface area contributed by atoms with Crippen LogP contribution in [0.25, 0.3) is 0 Å². The van der Waals surface area contributed by atoms with E-state index in [-0.39, 0.29) is 56.3 Å². The quantitative estimate of drug-likeness (QED) is 0.0888. The van der Waals surface area contributed by atoms with Crippen LogP contribution in [-0.2, 0) is 56.0 Å². The highest BCUT2D eigenvalue weighted by Crippen LogP contribution is 2.70. The van der Waals surface area contributed by atoms with Crippen molar-refractivity contribution >= 4 is 35.3 Å². The average molecular weight is 857 g/mol. The molecule has 0 bridgehead atoms. The van der Waals surface area contributed by atoms with E-state index in [0.29, 0.717) is 19.3 Å². The van der Waals surface area contributed by atoms with E-state index < -0.39 is 83.6 Å². The topological polar surface area (TPSA) is 253 Å². The summed E-state index contributed by atoms with van der Waals surface area (Å²) >= 11 is 0. The maximum Gasteiger partial charge on any atom is 0.303 e. The number of carbonyl (C=O) groups is 6. The van der Waals surface area contributed by atoms with Crippen LogP contribution in [0, 0.1) is 28.6 Å². The number of nitrogens with one attached hydrogen (secondary N) is 3. The molecule has 3 saturated carbocycles. The van der Waals surface area contributed by atoms with Gasteiger partial charge in [0.15, 0.2) is 23.5 Å². The molecule has 10 atom stereocenters. The Hall–Kier alpha value is -5.10. The van der Waals surface area contributed by atoms with Gasteiger partial charge >= 0.3 is 5.97 Å². The number of carbonyl (C=O) groups excluding carboxylic acids is 5. The van der Waals surface area contributed by atoms with Gasteiger partial charge in [0.25, 0.3) is 0 Å². The third-order valence-electron chi connectivity index (χ3n) is 14.0. The van der Waals surface area contributed by atoms with Crippen LogP contribution in [-0.4, -0.2) is 101 Å². The number of allylic oxidation sites excluding steroid dienone is 4. The zero-order valence-corrected chi connectivity index (χ0v) is 35.0. The highest BCUT2D eigenvalue weighted by Gasteiger charge is 2.75. The number of carboxylic acids is 1. The maximum atomic E-state index is 13.9. The Labute approximate surface area is 359 Å². The Kier molecular flexibility index (Phi) is 13.3. The molecule has 1 aliphatic heterocycles. The number of ketones is 2. The van der Waals surface area contributed by atoms with Gasteiger partial charge in [-0.25, -0.2) is 0 Å². The highest BCUT2D eigenvalue weighted by molar-refractivity contribution is 6.01. The lowest BCUT2D eigenvalue weighted by Crippen LogP contribution is -2.63. The Morgan fingerprint density at radius 2 is 1.68 bits per heavy atom. The molecule has 1 heterocycles. The van der Waals surface area contributed by atoms with E-state index in [9.17, 15) is 39.0 Å². The Balaban J connectivity index is 0.902. The molecule has 0 unspecified atom stereocenters. The molecule has 4 aliphatic carbocycles. The molecule has 0 radical (unpaired) electrons. The summed E-state index contributed by atoms with van der Waals surface area (Å²) in [7, 11) is 0. The van der Waals surface area contributed by atoms with Crippen molar-refractivity contribution in [3.63, 3.8) is 0 Å². The molecule has 16 nitrogen and oxygen atoms in total. The van der Waals surface area contributed by atoms with Gasteiger partial charge in [0, 0.05) is 28.7 Å². The van der Waals surface area contributed by atoms with Gasteiger partial charge in [-0.05, 0) is 79.2 Å². The summed E-state index contributed by atoms with van der Waals surface area (Å²) in [5.41, 5.74) is 7.36. The molecule has 5 aliphatic rings. The molecular weight excluding hydrogens is 801 g/mol. The van der Waals surface area contributed by atoms with Gasteiger partial charge in [-0.3, -0.25) is 28.8 Å². The normalized spacial score (nSPS) is 31.1. The minimum Gasteiger partial charge on any atom is -0.481 e. The number of amides is 3. The van der Waals surface area contributed by atoms with Crippen LogP contribution in [0.4, 0.5) is 0 Å². The van der Waals surface area contributed by atoms with Crippen molar-refractivity contribution in [1.82, 2.24) is 16.0 Å². The summed E-state index contributed by atoms with van der Waals surface area (Å²) in [4.78, 5) is 73.4. The lowest BCUT2D eigenvalue weighted by molar-refractivity contribution is -0.201. The van der Waals surface area contributed by atoms with Crippen molar-refractivity contribution in [3.8, 4) is 0 Å². The van der Waals surface area contributed by atoms with Crippen LogP contribution in [0.1, 0.15) is 80.9 Å². The fraction of sp³-hybridized carbons (Fsp3) is 0.522. The number of Topliss-reactive ketones (excluding diaryl/α,β-unsaturated/α-hetero) is 1. The Morgan fingerprint density at radius 3 is 2.35 bits per heavy atom. The van der Waals surface area contributed by atoms with Crippen LogP contribution in [0.3, 0.4) is 0 Å². The van der Waals surface area contributed by atoms with Crippen molar-refractivity contribution in [2.24, 2.45) is 34.3 Å². The van der Waals surface area contributed by atoms with E-state index in [0.717, 1.165) is 40.7 Å². The molecule has 2 aromatic rings. The van der Waals surface area contributed by atoms with E-state index in [1.54, 1.807) is 12.2 Å². The van der Waals surface area contributed by atoms with E-state index >= 15 is 0 Å². The van der Waals surface area contributed by atoms with Gasteiger partial charge in [-0.2, -0.15) is 0 Å². The number of aliphatic hydroxyl groups is 2. The summed E-state index contributed by atoms with van der Waals surface area (Å²) in [5.74, 6) is -3.50. The number of fused-ring (bicyclic) bond motifs is 7. The first kappa shape index (κ1) is 44.9. The fourth-order valence-electron chi connectivity index (χ4n) is 11.1. The van der Waals surface area contributed by atoms with E-state index in [2.05, 4.69) is 22.9 Å². The first-order valence-corrected chi connectivity index (χ1v) is 21.2. The summed E-state index contributed by atoms with van der Waals surface area (Å²) in [6.07, 6.45) is 5.63. The third-order valence-corrected chi connectivity index (χ3v) is 14.0. The molecule has 62 heavy (non-hydrogen) atoms. The lowest BCUT2D eigenvalue weighted by atomic mass is 9.46. The van der Waals surface area contributed by atoms with Gasteiger partial charge in [0.1, 0.15) is 19.4 Å². The number of hydrogen-bond acceptors (Lipinski definition) is 12. The molecule has 0 aromatic heterocycles. The van der Waals surface area contributed by atoms with Crippen LogP contribution < -0.4 is 21.7 Å². The highest BCUT2D eigenvalue weighted by atomic mass is 16.7. The summed E-state index contributed by atoms with van der Waals surface area (Å²) < 4.78 is 18.9. The predicted molar refractivity (Wildman–Crippen MR) is 221 cm³/mol. The SMILES string of the molecule is C[C@]12C=CC(=O)C=C1CC[C@@H]1[C@@H]2[C@@H](O)C[C@@]2(C)[C@H]1C[C@H]1O[C@@H](c3ccc(Cc4ccc(COCNC(=O)CNC(=O)[C@H](CCC(=O)O)NC(=O)CN)cc4)cc3)O[C@]12C(=O)CO. The predicted octanol–water partition coefficient (Wildman–Crippen LogP) is 1.90. The lowest BCUT2D eigenvalue weighted by Gasteiger charge is -2.59. The number of benzene rings is 2. The molecular formula is C46H56N4O12. The van der Waals surface area contributed by atoms with Gasteiger partial charge < -0.3 is 51.2 Å². The minimum absolute atomic E-state index is 0.00740. The first-order chi connectivity index (χ1) is 29.6. The number of rotatable bonds is 17. The summed E-state index contributed by atoms with van der Waals surface area (Å²) in [5, 5.41) is 38.4. The van der Waals surface area contributed by atoms with E-state index in [1.165, 1.54) is 0 Å². The second-order valence-electron chi connectivity index (χ2n) is 17.6. The van der Waals surface area contributed by atoms with Crippen molar-refractivity contribution < 1.29 is 58.3 Å². The molecule has 7 rings (SSSR count). The standard InChI is InChI=1S/C46H56N4O12/c1-44-16-15-31(52)18-30(44)11-12-32-33-19-37-46(36(54)23-51,45(33,2)20-35(53)41(32)44)62-43(61-37)29-9-7-27(8-10-29)17-26-3-5-28(6-4-26)24-60-25-49-39(56)22-48-42(59)34(13-14-40(57)58)50-38(55)21-47/h3-10,15-16,18,32-35,37,41,43,51,53H,11-14,17,19-25,47H2,1-2H3,(H,48,59)(H,49,56)(H,50,55)(H,57,58)/t32-,33-,34-,35-,37+,41+,43+,44-,45-,46+/m0/s1. The van der Waals surface area contributed by atoms with Crippen LogP contribution in [0.5, 0.6) is 0 Å². The molecule has 16 heteroatoms. The zero-order valence-electron chi connectivity index (χ0n) is 35.0. The van der Waals surface area contributed by atoms with Crippen molar-refractivity contribution in [1.29, 1.82) is 0 Å². The molecule has 332 valence electrons. The monoisotopic (exact) mass is 856 g/mol. The fourth-order valence-corrected chi connectivity index (χ4v) is 11.1. The van der Waals surface area contributed by atoms with E-state index in [4.69, 9.17) is 25.1 Å². The number of aliphatic hydroxyl groups excluding tert-OH is 2. The molecule has 2 aromatic carbocycles. The minimum atomic E-state index is -1.42. The zero-order chi connectivity index (χ0) is 44.4. The molecule has 3 amide bonds. The summed E-state index contributed by atoms with van der Waals surface area (Å²) in [6, 6.07) is 14.5. The molecule has 1 saturated heterocycles. The van der Waals surface area contributed by atoms with Crippen LogP contribution in [0.15, 0.2) is 72.3 Å². The van der Waals surface area contributed by atoms with Crippen molar-refractivity contribution in [2.75, 3.05) is 26.4 Å². The largest absolute Gasteiger partial charge is 0.481 e. The smallest absolute Gasteiger partial charge is 0.303 e. The van der Waals surface area contributed by atoms with Crippen molar-refractivity contribution in [2.45, 2.75) is 95.5 Å². The number of nitrogens with two attached hydrogens (primary N) is 1. The second-order valence-corrected chi connectivity index (χ2v) is 17.6. The van der Waals surface area contributed by atoms with E-state index in [1.807, 2.05) is 61.5 Å². The molecule has 0 spiro atoms. The third kappa shape index (κ3) is 8.64. The number of ether oxygens (including phenoxy) is 3. The van der Waals surface area contributed by atoms with Crippen LogP contribution in [0.2, 0.25) is 0 Å². The van der Waals surface area contributed by atoms with Gasteiger partial charge in [-0.1, -0.05) is 74.0 Å². The Morgan fingerprint density at radius 1 is 0.984 bits per heavy atom.